The van der Waals surface area contributed by atoms with Gasteiger partial charge < -0.3 is 0 Å². The zero-order valence-electron chi connectivity index (χ0n) is 10.8. The molecule has 0 saturated heterocycles. The number of nitrogens with zero attached hydrogens (tertiary/aromatic N) is 2. The Morgan fingerprint density at radius 2 is 2.05 bits per heavy atom. The molecule has 2 aromatic rings. The third-order valence-corrected chi connectivity index (χ3v) is 3.68. The molecule has 20 heavy (non-hydrogen) atoms. The summed E-state index contributed by atoms with van der Waals surface area (Å²) in [4.78, 5) is 27.4. The van der Waals surface area contributed by atoms with Crippen molar-refractivity contribution in [2.45, 2.75) is 23.1 Å². The lowest BCUT2D eigenvalue weighted by Gasteiger charge is -2.03. The number of pyridine rings is 1. The summed E-state index contributed by atoms with van der Waals surface area (Å²) in [6.07, 6.45) is 1.97. The SMILES string of the molecule is CCC(=O)c1ccc(Sc2ccccc2[N+](=O)[O-])cn1. The normalized spacial score (nSPS) is 10.2. The zero-order chi connectivity index (χ0) is 14.5. The summed E-state index contributed by atoms with van der Waals surface area (Å²) in [5.74, 6) is -0.0211. The van der Waals surface area contributed by atoms with Crippen molar-refractivity contribution in [3.8, 4) is 0 Å². The van der Waals surface area contributed by atoms with Crippen molar-refractivity contribution in [3.63, 3.8) is 0 Å². The quantitative estimate of drug-likeness (QED) is 0.476. The average Bonchev–Trinajstić information content (AvgIpc) is 2.47. The number of hydrogen-bond acceptors (Lipinski definition) is 5. The number of rotatable bonds is 5. The molecule has 0 aliphatic carbocycles. The molecule has 1 heterocycles. The summed E-state index contributed by atoms with van der Waals surface area (Å²) >= 11 is 1.26. The first kappa shape index (κ1) is 14.2. The van der Waals surface area contributed by atoms with E-state index in [0.29, 0.717) is 17.0 Å². The number of carbonyl (C=O) groups is 1. The minimum atomic E-state index is -0.412. The molecule has 0 bridgehead atoms. The first-order chi connectivity index (χ1) is 9.61. The molecule has 6 heteroatoms. The van der Waals surface area contributed by atoms with E-state index in [4.69, 9.17) is 0 Å². The molecule has 5 nitrogen and oxygen atoms in total. The van der Waals surface area contributed by atoms with Gasteiger partial charge in [-0.25, -0.2) is 0 Å². The van der Waals surface area contributed by atoms with Crippen LogP contribution in [0.25, 0.3) is 0 Å². The molecular formula is C14H12N2O3S. The van der Waals surface area contributed by atoms with Gasteiger partial charge in [-0.3, -0.25) is 19.9 Å². The third-order valence-electron chi connectivity index (χ3n) is 2.63. The summed E-state index contributed by atoms with van der Waals surface area (Å²) in [5, 5.41) is 10.9. The fraction of sp³-hybridized carbons (Fsp3) is 0.143. The lowest BCUT2D eigenvalue weighted by molar-refractivity contribution is -0.387. The highest BCUT2D eigenvalue weighted by Crippen LogP contribution is 2.34. The highest BCUT2D eigenvalue weighted by molar-refractivity contribution is 7.99. The summed E-state index contributed by atoms with van der Waals surface area (Å²) in [6, 6.07) is 9.92. The molecule has 0 fully saturated rings. The van der Waals surface area contributed by atoms with Crippen molar-refractivity contribution in [2.24, 2.45) is 0 Å². The van der Waals surface area contributed by atoms with E-state index in [9.17, 15) is 14.9 Å². The van der Waals surface area contributed by atoms with Crippen LogP contribution in [-0.2, 0) is 0 Å². The first-order valence-electron chi connectivity index (χ1n) is 6.02. The van der Waals surface area contributed by atoms with Gasteiger partial charge in [0.05, 0.1) is 9.82 Å². The number of ketones is 1. The fourth-order valence-electron chi connectivity index (χ4n) is 1.61. The van der Waals surface area contributed by atoms with E-state index in [1.807, 2.05) is 0 Å². The number of benzene rings is 1. The van der Waals surface area contributed by atoms with Gasteiger partial charge in [-0.2, -0.15) is 0 Å². The number of carbonyl (C=O) groups excluding carboxylic acids is 1. The number of nitro benzene ring substituents is 1. The van der Waals surface area contributed by atoms with Crippen molar-refractivity contribution < 1.29 is 9.72 Å². The van der Waals surface area contributed by atoms with Crippen LogP contribution in [0, 0.1) is 10.1 Å². The average molecular weight is 288 g/mol. The lowest BCUT2D eigenvalue weighted by atomic mass is 10.2. The van der Waals surface area contributed by atoms with Crippen LogP contribution in [0.15, 0.2) is 52.4 Å². The fourth-order valence-corrected chi connectivity index (χ4v) is 2.50. The number of aromatic nitrogens is 1. The Morgan fingerprint density at radius 1 is 1.30 bits per heavy atom. The number of para-hydroxylation sites is 1. The van der Waals surface area contributed by atoms with Gasteiger partial charge in [-0.05, 0) is 18.2 Å². The van der Waals surface area contributed by atoms with Gasteiger partial charge in [-0.1, -0.05) is 30.8 Å². The number of Topliss-reactive ketones (excluding diaryl/α,β-unsaturated/α-hetero) is 1. The smallest absolute Gasteiger partial charge is 0.283 e. The summed E-state index contributed by atoms with van der Waals surface area (Å²) in [5.41, 5.74) is 0.477. The standard InChI is InChI=1S/C14H12N2O3S/c1-2-13(17)11-8-7-10(9-15-11)20-14-6-4-3-5-12(14)16(18)19/h3-9H,2H2,1H3. The van der Waals surface area contributed by atoms with Crippen LogP contribution in [-0.4, -0.2) is 15.7 Å². The topological polar surface area (TPSA) is 73.1 Å². The molecule has 0 atom stereocenters. The summed E-state index contributed by atoms with van der Waals surface area (Å²) in [7, 11) is 0. The lowest BCUT2D eigenvalue weighted by Crippen LogP contribution is -1.99. The Morgan fingerprint density at radius 3 is 2.65 bits per heavy atom. The molecule has 0 aliphatic rings. The van der Waals surface area contributed by atoms with Gasteiger partial charge in [0, 0.05) is 23.6 Å². The van der Waals surface area contributed by atoms with Crippen LogP contribution in [0.3, 0.4) is 0 Å². The van der Waals surface area contributed by atoms with Crippen LogP contribution in [0.4, 0.5) is 5.69 Å². The maximum absolute atomic E-state index is 11.5. The van der Waals surface area contributed by atoms with Crippen LogP contribution in [0.1, 0.15) is 23.8 Å². The van der Waals surface area contributed by atoms with Gasteiger partial charge in [0.2, 0.25) is 0 Å². The van der Waals surface area contributed by atoms with Crippen molar-refractivity contribution in [2.75, 3.05) is 0 Å². The van der Waals surface area contributed by atoms with E-state index in [0.717, 1.165) is 4.90 Å². The second kappa shape index (κ2) is 6.29. The summed E-state index contributed by atoms with van der Waals surface area (Å²) in [6.45, 7) is 1.78. The number of hydrogen-bond donors (Lipinski definition) is 0. The molecule has 0 unspecified atom stereocenters. The predicted molar refractivity (Wildman–Crippen MR) is 76.1 cm³/mol. The van der Waals surface area contributed by atoms with Crippen molar-refractivity contribution in [3.05, 3.63) is 58.4 Å². The molecule has 0 N–H and O–H groups in total. The Balaban J connectivity index is 2.23. The first-order valence-corrected chi connectivity index (χ1v) is 6.84. The second-order valence-corrected chi connectivity index (χ2v) is 5.10. The molecule has 1 aromatic heterocycles. The molecule has 0 aliphatic heterocycles. The van der Waals surface area contributed by atoms with Crippen LogP contribution in [0.2, 0.25) is 0 Å². The maximum Gasteiger partial charge on any atom is 0.283 e. The van der Waals surface area contributed by atoms with E-state index >= 15 is 0 Å². The minimum absolute atomic E-state index is 0.0211. The van der Waals surface area contributed by atoms with Crippen LogP contribution in [0.5, 0.6) is 0 Å². The van der Waals surface area contributed by atoms with Gasteiger partial charge >= 0.3 is 0 Å². The van der Waals surface area contributed by atoms with E-state index in [-0.39, 0.29) is 11.5 Å². The van der Waals surface area contributed by atoms with Crippen LogP contribution >= 0.6 is 11.8 Å². The number of nitro groups is 1. The molecule has 1 aromatic carbocycles. The Kier molecular flexibility index (Phi) is 4.47. The van der Waals surface area contributed by atoms with Gasteiger partial charge in [0.1, 0.15) is 5.69 Å². The van der Waals surface area contributed by atoms with E-state index < -0.39 is 4.92 Å². The Labute approximate surface area is 120 Å². The molecule has 0 radical (unpaired) electrons. The Bertz CT molecular complexity index is 641. The third kappa shape index (κ3) is 3.21. The van der Waals surface area contributed by atoms with Crippen molar-refractivity contribution >= 4 is 23.2 Å². The maximum atomic E-state index is 11.5. The van der Waals surface area contributed by atoms with Crippen molar-refractivity contribution in [1.82, 2.24) is 4.98 Å². The van der Waals surface area contributed by atoms with E-state index in [1.165, 1.54) is 17.8 Å². The summed E-state index contributed by atoms with van der Waals surface area (Å²) < 4.78 is 0. The van der Waals surface area contributed by atoms with Gasteiger partial charge in [0.15, 0.2) is 5.78 Å². The van der Waals surface area contributed by atoms with E-state index in [2.05, 4.69) is 4.98 Å². The molecule has 2 rings (SSSR count). The van der Waals surface area contributed by atoms with Crippen LogP contribution < -0.4 is 0 Å². The Hall–Kier alpha value is -2.21. The van der Waals surface area contributed by atoms with E-state index in [1.54, 1.807) is 43.5 Å². The molecule has 0 saturated carbocycles. The molecule has 102 valence electrons. The zero-order valence-corrected chi connectivity index (χ0v) is 11.6. The van der Waals surface area contributed by atoms with Crippen molar-refractivity contribution in [1.29, 1.82) is 0 Å². The largest absolute Gasteiger partial charge is 0.292 e. The highest BCUT2D eigenvalue weighted by atomic mass is 32.2. The predicted octanol–water partition coefficient (Wildman–Crippen LogP) is 3.73. The monoisotopic (exact) mass is 288 g/mol. The second-order valence-electron chi connectivity index (χ2n) is 3.98. The molecule has 0 amide bonds. The molecule has 0 spiro atoms. The molecular weight excluding hydrogens is 276 g/mol. The van der Waals surface area contributed by atoms with Gasteiger partial charge in [-0.15, -0.1) is 0 Å². The van der Waals surface area contributed by atoms with Gasteiger partial charge in [0.25, 0.3) is 5.69 Å². The highest BCUT2D eigenvalue weighted by Gasteiger charge is 2.14. The minimum Gasteiger partial charge on any atom is -0.292 e.